The molecule has 0 saturated carbocycles. The average molecular weight is 326 g/mol. The molecule has 0 aliphatic rings. The van der Waals surface area contributed by atoms with Gasteiger partial charge in [-0.1, -0.05) is 51.4 Å². The SMILES string of the molecule is CCCNC(CSC(C)(C)C)c1cc2cccc(Cl)c2o1. The van der Waals surface area contributed by atoms with Crippen molar-refractivity contribution in [3.05, 3.63) is 35.0 Å². The van der Waals surface area contributed by atoms with Crippen LogP contribution in [0.4, 0.5) is 0 Å². The lowest BCUT2D eigenvalue weighted by molar-refractivity contribution is 0.455. The fourth-order valence-electron chi connectivity index (χ4n) is 2.11. The first-order chi connectivity index (χ1) is 9.90. The Kier molecular flexibility index (Phi) is 5.64. The Morgan fingerprint density at radius 3 is 2.71 bits per heavy atom. The van der Waals surface area contributed by atoms with Crippen molar-refractivity contribution in [3.8, 4) is 0 Å². The Balaban J connectivity index is 2.23. The van der Waals surface area contributed by atoms with Crippen LogP contribution in [-0.4, -0.2) is 17.0 Å². The molecule has 1 atom stereocenters. The highest BCUT2D eigenvalue weighted by atomic mass is 35.5. The zero-order valence-electron chi connectivity index (χ0n) is 13.2. The second-order valence-electron chi connectivity index (χ2n) is 6.24. The highest BCUT2D eigenvalue weighted by Crippen LogP contribution is 2.33. The third kappa shape index (κ3) is 4.67. The average Bonchev–Trinajstić information content (AvgIpc) is 2.83. The highest BCUT2D eigenvalue weighted by molar-refractivity contribution is 8.00. The maximum atomic E-state index is 6.21. The van der Waals surface area contributed by atoms with E-state index >= 15 is 0 Å². The summed E-state index contributed by atoms with van der Waals surface area (Å²) in [6.07, 6.45) is 1.11. The normalized spacial score (nSPS) is 13.8. The number of thioether (sulfide) groups is 1. The maximum Gasteiger partial charge on any atom is 0.152 e. The quantitative estimate of drug-likeness (QED) is 0.742. The minimum Gasteiger partial charge on any atom is -0.458 e. The molecule has 1 unspecified atom stereocenters. The summed E-state index contributed by atoms with van der Waals surface area (Å²) in [6.45, 7) is 9.88. The Bertz CT molecular complexity index is 588. The van der Waals surface area contributed by atoms with Crippen LogP contribution in [0.5, 0.6) is 0 Å². The first kappa shape index (κ1) is 16.7. The van der Waals surface area contributed by atoms with Gasteiger partial charge < -0.3 is 9.73 Å². The van der Waals surface area contributed by atoms with E-state index in [1.54, 1.807) is 0 Å². The first-order valence-electron chi connectivity index (χ1n) is 7.46. The first-order valence-corrected chi connectivity index (χ1v) is 8.82. The smallest absolute Gasteiger partial charge is 0.152 e. The van der Waals surface area contributed by atoms with Gasteiger partial charge in [0.25, 0.3) is 0 Å². The summed E-state index contributed by atoms with van der Waals surface area (Å²) in [5, 5.41) is 5.33. The molecule has 2 rings (SSSR count). The predicted octanol–water partition coefficient (Wildman–Crippen LogP) is 5.66. The Morgan fingerprint density at radius 2 is 2.10 bits per heavy atom. The molecule has 0 spiro atoms. The molecule has 4 heteroatoms. The number of furan rings is 1. The fourth-order valence-corrected chi connectivity index (χ4v) is 3.28. The molecule has 116 valence electrons. The molecule has 0 aliphatic carbocycles. The number of fused-ring (bicyclic) bond motifs is 1. The van der Waals surface area contributed by atoms with Crippen molar-refractivity contribution in [1.82, 2.24) is 5.32 Å². The van der Waals surface area contributed by atoms with Crippen molar-refractivity contribution >= 4 is 34.3 Å². The van der Waals surface area contributed by atoms with Crippen LogP contribution < -0.4 is 5.32 Å². The van der Waals surface area contributed by atoms with Gasteiger partial charge in [-0.3, -0.25) is 0 Å². The van der Waals surface area contributed by atoms with E-state index in [2.05, 4.69) is 39.1 Å². The van der Waals surface area contributed by atoms with E-state index in [0.29, 0.717) is 5.02 Å². The Labute approximate surface area is 136 Å². The summed E-state index contributed by atoms with van der Waals surface area (Å²) in [7, 11) is 0. The van der Waals surface area contributed by atoms with E-state index in [0.717, 1.165) is 35.4 Å². The molecule has 0 fully saturated rings. The number of hydrogen-bond acceptors (Lipinski definition) is 3. The van der Waals surface area contributed by atoms with Gasteiger partial charge in [-0.15, -0.1) is 0 Å². The van der Waals surface area contributed by atoms with E-state index in [-0.39, 0.29) is 10.8 Å². The van der Waals surface area contributed by atoms with Gasteiger partial charge in [-0.05, 0) is 25.1 Å². The molecular formula is C17H24ClNOS. The predicted molar refractivity (Wildman–Crippen MR) is 94.5 cm³/mol. The summed E-state index contributed by atoms with van der Waals surface area (Å²) < 4.78 is 6.26. The van der Waals surface area contributed by atoms with E-state index in [9.17, 15) is 0 Å². The van der Waals surface area contributed by atoms with Crippen LogP contribution in [-0.2, 0) is 0 Å². The standard InChI is InChI=1S/C17H24ClNOS/c1-5-9-19-14(11-21-17(2,3)4)15-10-12-7-6-8-13(18)16(12)20-15/h6-8,10,14,19H,5,9,11H2,1-4H3. The number of benzene rings is 1. The zero-order chi connectivity index (χ0) is 15.5. The second kappa shape index (κ2) is 7.08. The molecule has 21 heavy (non-hydrogen) atoms. The van der Waals surface area contributed by atoms with E-state index in [4.69, 9.17) is 16.0 Å². The van der Waals surface area contributed by atoms with Crippen LogP contribution in [0.15, 0.2) is 28.7 Å². The molecule has 1 heterocycles. The Morgan fingerprint density at radius 1 is 1.33 bits per heavy atom. The van der Waals surface area contributed by atoms with Gasteiger partial charge in [-0.25, -0.2) is 0 Å². The van der Waals surface area contributed by atoms with Gasteiger partial charge in [0.1, 0.15) is 5.76 Å². The van der Waals surface area contributed by atoms with Crippen LogP contribution in [0.3, 0.4) is 0 Å². The van der Waals surface area contributed by atoms with Crippen LogP contribution in [0, 0.1) is 0 Å². The third-order valence-corrected chi connectivity index (χ3v) is 4.85. The highest BCUT2D eigenvalue weighted by Gasteiger charge is 2.20. The van der Waals surface area contributed by atoms with Crippen molar-refractivity contribution in [1.29, 1.82) is 0 Å². The zero-order valence-corrected chi connectivity index (χ0v) is 14.8. The molecule has 0 bridgehead atoms. The van der Waals surface area contributed by atoms with Crippen molar-refractivity contribution in [2.24, 2.45) is 0 Å². The van der Waals surface area contributed by atoms with Crippen molar-refractivity contribution in [3.63, 3.8) is 0 Å². The van der Waals surface area contributed by atoms with Crippen LogP contribution in [0.1, 0.15) is 45.9 Å². The van der Waals surface area contributed by atoms with Gasteiger partial charge in [0.05, 0.1) is 11.1 Å². The monoisotopic (exact) mass is 325 g/mol. The second-order valence-corrected chi connectivity index (χ2v) is 8.49. The fraction of sp³-hybridized carbons (Fsp3) is 0.529. The molecule has 0 amide bonds. The summed E-state index contributed by atoms with van der Waals surface area (Å²) in [6, 6.07) is 8.20. The number of halogens is 1. The molecule has 1 aromatic heterocycles. The van der Waals surface area contributed by atoms with Crippen molar-refractivity contribution in [2.75, 3.05) is 12.3 Å². The van der Waals surface area contributed by atoms with Crippen LogP contribution in [0.2, 0.25) is 5.02 Å². The maximum absolute atomic E-state index is 6.21. The lowest BCUT2D eigenvalue weighted by Crippen LogP contribution is -2.25. The summed E-state index contributed by atoms with van der Waals surface area (Å²) in [4.78, 5) is 0. The minimum atomic E-state index is 0.220. The molecule has 0 saturated heterocycles. The largest absolute Gasteiger partial charge is 0.458 e. The lowest BCUT2D eigenvalue weighted by atomic mass is 10.2. The molecular weight excluding hydrogens is 302 g/mol. The number of nitrogens with one attached hydrogen (secondary N) is 1. The topological polar surface area (TPSA) is 25.2 Å². The molecule has 0 aliphatic heterocycles. The van der Waals surface area contributed by atoms with E-state index in [1.165, 1.54) is 0 Å². The lowest BCUT2D eigenvalue weighted by Gasteiger charge is -2.22. The van der Waals surface area contributed by atoms with Gasteiger partial charge in [0.15, 0.2) is 5.58 Å². The van der Waals surface area contributed by atoms with E-state index in [1.807, 2.05) is 30.0 Å². The molecule has 0 radical (unpaired) electrons. The van der Waals surface area contributed by atoms with Gasteiger partial charge in [0, 0.05) is 15.9 Å². The number of hydrogen-bond donors (Lipinski definition) is 1. The van der Waals surface area contributed by atoms with Gasteiger partial charge in [0.2, 0.25) is 0 Å². The summed E-state index contributed by atoms with van der Waals surface area (Å²) in [5.74, 6) is 1.96. The molecule has 2 nitrogen and oxygen atoms in total. The van der Waals surface area contributed by atoms with Crippen molar-refractivity contribution in [2.45, 2.75) is 44.9 Å². The summed E-state index contributed by atoms with van der Waals surface area (Å²) in [5.41, 5.74) is 0.790. The minimum absolute atomic E-state index is 0.220. The number of para-hydroxylation sites is 1. The molecule has 2 aromatic rings. The summed E-state index contributed by atoms with van der Waals surface area (Å²) >= 11 is 8.16. The van der Waals surface area contributed by atoms with Gasteiger partial charge >= 0.3 is 0 Å². The molecule has 1 N–H and O–H groups in total. The molecule has 1 aromatic carbocycles. The van der Waals surface area contributed by atoms with Crippen molar-refractivity contribution < 1.29 is 4.42 Å². The number of rotatable bonds is 6. The third-order valence-electron chi connectivity index (χ3n) is 3.18. The van der Waals surface area contributed by atoms with Gasteiger partial charge in [-0.2, -0.15) is 11.8 Å². The van der Waals surface area contributed by atoms with Crippen LogP contribution >= 0.6 is 23.4 Å². The van der Waals surface area contributed by atoms with E-state index < -0.39 is 0 Å². The van der Waals surface area contributed by atoms with Crippen LogP contribution in [0.25, 0.3) is 11.0 Å². The Hall–Kier alpha value is -0.640.